The maximum absolute atomic E-state index is 13.0. The molecule has 0 amide bonds. The highest BCUT2D eigenvalue weighted by atomic mass is 35.5. The van der Waals surface area contributed by atoms with Gasteiger partial charge in [0.1, 0.15) is 12.1 Å². The minimum Gasteiger partial charge on any atom is -0.356 e. The van der Waals surface area contributed by atoms with Crippen molar-refractivity contribution in [2.24, 2.45) is 0 Å². The van der Waals surface area contributed by atoms with Crippen LogP contribution >= 0.6 is 11.6 Å². The van der Waals surface area contributed by atoms with Crippen molar-refractivity contribution in [1.29, 1.82) is 0 Å². The summed E-state index contributed by atoms with van der Waals surface area (Å²) >= 11 is 6.40. The van der Waals surface area contributed by atoms with Crippen LogP contribution in [0.1, 0.15) is 19.3 Å². The van der Waals surface area contributed by atoms with Crippen LogP contribution in [0.5, 0.6) is 0 Å². The zero-order valence-electron chi connectivity index (χ0n) is 13.5. The van der Waals surface area contributed by atoms with Gasteiger partial charge in [0, 0.05) is 19.3 Å². The maximum atomic E-state index is 13.0. The van der Waals surface area contributed by atoms with Crippen molar-refractivity contribution >= 4 is 38.5 Å². The van der Waals surface area contributed by atoms with Gasteiger partial charge < -0.3 is 4.90 Å². The van der Waals surface area contributed by atoms with E-state index in [1.54, 1.807) is 30.3 Å². The van der Waals surface area contributed by atoms with Crippen LogP contribution in [-0.4, -0.2) is 35.4 Å². The second-order valence-corrected chi connectivity index (χ2v) is 8.26. The van der Waals surface area contributed by atoms with Crippen molar-refractivity contribution in [3.8, 4) is 0 Å². The van der Waals surface area contributed by atoms with Crippen LogP contribution in [0.2, 0.25) is 5.02 Å². The van der Waals surface area contributed by atoms with Gasteiger partial charge in [0.2, 0.25) is 0 Å². The number of hydrogen-bond donors (Lipinski definition) is 0. The molecule has 0 aliphatic carbocycles. The summed E-state index contributed by atoms with van der Waals surface area (Å²) in [5.41, 5.74) is 0.310. The first-order valence-corrected chi connectivity index (χ1v) is 9.98. The Labute approximate surface area is 151 Å². The Morgan fingerprint density at radius 2 is 1.72 bits per heavy atom. The summed E-state index contributed by atoms with van der Waals surface area (Å²) in [4.78, 5) is 10.9. The van der Waals surface area contributed by atoms with Gasteiger partial charge in [-0.1, -0.05) is 29.8 Å². The summed E-state index contributed by atoms with van der Waals surface area (Å²) in [7, 11) is -3.77. The zero-order chi connectivity index (χ0) is 17.4. The number of piperidine rings is 1. The third kappa shape index (κ3) is 2.77. The molecule has 2 aromatic heterocycles. The highest BCUT2D eigenvalue weighted by molar-refractivity contribution is 7.90. The lowest BCUT2D eigenvalue weighted by atomic mass is 10.1. The molecule has 0 radical (unpaired) electrons. The number of benzene rings is 1. The molecule has 0 spiro atoms. The molecule has 3 heterocycles. The second-order valence-electron chi connectivity index (χ2n) is 6.03. The molecule has 6 nitrogen and oxygen atoms in total. The van der Waals surface area contributed by atoms with E-state index in [1.807, 2.05) is 0 Å². The zero-order valence-corrected chi connectivity index (χ0v) is 15.0. The van der Waals surface area contributed by atoms with Gasteiger partial charge in [0.05, 0.1) is 15.3 Å². The van der Waals surface area contributed by atoms with Crippen molar-refractivity contribution in [1.82, 2.24) is 13.9 Å². The normalized spacial score (nSPS) is 15.6. The lowest BCUT2D eigenvalue weighted by molar-refractivity contribution is 0.574. The van der Waals surface area contributed by atoms with E-state index in [9.17, 15) is 8.42 Å². The van der Waals surface area contributed by atoms with Gasteiger partial charge in [-0.3, -0.25) is 0 Å². The van der Waals surface area contributed by atoms with Crippen molar-refractivity contribution < 1.29 is 8.42 Å². The highest BCUT2D eigenvalue weighted by Crippen LogP contribution is 2.34. The predicted octanol–water partition coefficient (Wildman–Crippen LogP) is 3.31. The van der Waals surface area contributed by atoms with Crippen LogP contribution < -0.4 is 4.90 Å². The number of halogens is 1. The summed E-state index contributed by atoms with van der Waals surface area (Å²) in [5.74, 6) is 0.705. The lowest BCUT2D eigenvalue weighted by Gasteiger charge is -2.28. The van der Waals surface area contributed by atoms with Crippen LogP contribution in [-0.2, 0) is 10.0 Å². The van der Waals surface area contributed by atoms with E-state index < -0.39 is 10.0 Å². The Balaban J connectivity index is 1.90. The smallest absolute Gasteiger partial charge is 0.269 e. The molecule has 3 aromatic rings. The molecule has 25 heavy (non-hydrogen) atoms. The van der Waals surface area contributed by atoms with Crippen molar-refractivity contribution in [2.45, 2.75) is 24.2 Å². The van der Waals surface area contributed by atoms with Gasteiger partial charge >= 0.3 is 0 Å². The Hall–Kier alpha value is -2.12. The van der Waals surface area contributed by atoms with Gasteiger partial charge in [-0.2, -0.15) is 0 Å². The molecule has 4 rings (SSSR count). The highest BCUT2D eigenvalue weighted by Gasteiger charge is 2.25. The average molecular weight is 377 g/mol. The van der Waals surface area contributed by atoms with Gasteiger partial charge in [-0.25, -0.2) is 22.4 Å². The second kappa shape index (κ2) is 6.31. The molecule has 0 saturated carbocycles. The Morgan fingerprint density at radius 1 is 1.00 bits per heavy atom. The quantitative estimate of drug-likeness (QED) is 0.701. The van der Waals surface area contributed by atoms with Crippen molar-refractivity contribution in [3.05, 3.63) is 47.9 Å². The minimum atomic E-state index is -3.77. The van der Waals surface area contributed by atoms with E-state index in [0.717, 1.165) is 29.9 Å². The van der Waals surface area contributed by atoms with E-state index >= 15 is 0 Å². The number of fused-ring (bicyclic) bond motifs is 1. The summed E-state index contributed by atoms with van der Waals surface area (Å²) in [6, 6.07) is 8.27. The van der Waals surface area contributed by atoms with E-state index in [2.05, 4.69) is 14.9 Å². The monoisotopic (exact) mass is 376 g/mol. The fourth-order valence-corrected chi connectivity index (χ4v) is 4.87. The number of rotatable bonds is 3. The molecule has 1 aliphatic heterocycles. The van der Waals surface area contributed by atoms with Gasteiger partial charge in [0.15, 0.2) is 5.65 Å². The fourth-order valence-electron chi connectivity index (χ4n) is 3.21. The maximum Gasteiger partial charge on any atom is 0.269 e. The molecule has 1 saturated heterocycles. The van der Waals surface area contributed by atoms with E-state index in [1.165, 1.54) is 18.9 Å². The molecule has 1 aromatic carbocycles. The molecule has 0 N–H and O–H groups in total. The fraction of sp³-hybridized carbons (Fsp3) is 0.294. The minimum absolute atomic E-state index is 0.196. The molecule has 8 heteroatoms. The van der Waals surface area contributed by atoms with Crippen molar-refractivity contribution in [2.75, 3.05) is 18.0 Å². The summed E-state index contributed by atoms with van der Waals surface area (Å²) < 4.78 is 27.1. The number of anilines is 1. The molecule has 130 valence electrons. The van der Waals surface area contributed by atoms with Crippen LogP contribution in [0.15, 0.2) is 47.8 Å². The van der Waals surface area contributed by atoms with E-state index in [4.69, 9.17) is 11.6 Å². The molecule has 0 atom stereocenters. The van der Waals surface area contributed by atoms with Crippen LogP contribution in [0.25, 0.3) is 11.0 Å². The van der Waals surface area contributed by atoms with E-state index in [-0.39, 0.29) is 4.90 Å². The topological polar surface area (TPSA) is 68.1 Å². The first-order chi connectivity index (χ1) is 12.1. The van der Waals surface area contributed by atoms with Gasteiger partial charge in [-0.15, -0.1) is 0 Å². The first-order valence-electron chi connectivity index (χ1n) is 8.16. The third-order valence-corrected chi connectivity index (χ3v) is 6.39. The Morgan fingerprint density at radius 3 is 2.44 bits per heavy atom. The third-order valence-electron chi connectivity index (χ3n) is 4.44. The Kier molecular flexibility index (Phi) is 4.13. The average Bonchev–Trinajstić information content (AvgIpc) is 3.01. The number of hydrogen-bond acceptors (Lipinski definition) is 5. The van der Waals surface area contributed by atoms with Gasteiger partial charge in [-0.05, 0) is 31.4 Å². The summed E-state index contributed by atoms with van der Waals surface area (Å²) in [6.07, 6.45) is 6.19. The molecule has 1 fully saturated rings. The molecular formula is C17H17ClN4O2S. The van der Waals surface area contributed by atoms with Crippen LogP contribution in [0.3, 0.4) is 0 Å². The number of nitrogens with zero attached hydrogens (tertiary/aromatic N) is 4. The standard InChI is InChI=1S/C17H17ClN4O2S/c18-14-11-22(25(23,24)13-7-3-1-4-8-13)17-15(14)16(19-12-20-17)21-9-5-2-6-10-21/h1,3-4,7-8,11-12H,2,5-6,9-10H2. The van der Waals surface area contributed by atoms with Crippen molar-refractivity contribution in [3.63, 3.8) is 0 Å². The molecule has 1 aliphatic rings. The molecule has 0 bridgehead atoms. The van der Waals surface area contributed by atoms with Gasteiger partial charge in [0.25, 0.3) is 10.0 Å². The molecule has 0 unspecified atom stereocenters. The van der Waals surface area contributed by atoms with Crippen LogP contribution in [0.4, 0.5) is 5.82 Å². The Bertz CT molecular complexity index is 1010. The molecular weight excluding hydrogens is 360 g/mol. The first kappa shape index (κ1) is 16.4. The predicted molar refractivity (Wildman–Crippen MR) is 97.6 cm³/mol. The summed E-state index contributed by atoms with van der Waals surface area (Å²) in [6.45, 7) is 1.78. The number of aromatic nitrogens is 3. The SMILES string of the molecule is O=S(=O)(c1ccccc1)n1cc(Cl)c2c(N3CCCCC3)ncnc21. The summed E-state index contributed by atoms with van der Waals surface area (Å²) in [5, 5.41) is 0.932. The lowest BCUT2D eigenvalue weighted by Crippen LogP contribution is -2.30. The largest absolute Gasteiger partial charge is 0.356 e. The van der Waals surface area contributed by atoms with E-state index in [0.29, 0.717) is 21.9 Å². The van der Waals surface area contributed by atoms with Crippen LogP contribution in [0, 0.1) is 0 Å².